The third kappa shape index (κ3) is 5.83. The summed E-state index contributed by atoms with van der Waals surface area (Å²) in [6, 6.07) is 6.20. The normalized spacial score (nSPS) is 11.0. The molecule has 0 spiro atoms. The molecule has 20 heavy (non-hydrogen) atoms. The van der Waals surface area contributed by atoms with E-state index in [0.717, 1.165) is 37.4 Å². The Bertz CT molecular complexity index is 373. The molecular formula is C17H30N2O. The van der Waals surface area contributed by atoms with Gasteiger partial charge in [-0.3, -0.25) is 0 Å². The maximum absolute atomic E-state index is 6.05. The second-order valence-electron chi connectivity index (χ2n) is 5.31. The SMILES string of the molecule is CCCOc1ccc(CCN(CCC)CCC)cc1N. The van der Waals surface area contributed by atoms with E-state index in [9.17, 15) is 0 Å². The molecule has 0 aliphatic rings. The molecule has 0 aliphatic carbocycles. The predicted molar refractivity (Wildman–Crippen MR) is 87.4 cm³/mol. The third-order valence-electron chi connectivity index (χ3n) is 3.33. The molecule has 3 heteroatoms. The average molecular weight is 278 g/mol. The molecule has 0 aromatic heterocycles. The first kappa shape index (κ1) is 16.8. The topological polar surface area (TPSA) is 38.5 Å². The maximum atomic E-state index is 6.05. The number of nitrogens with two attached hydrogens (primary N) is 1. The summed E-state index contributed by atoms with van der Waals surface area (Å²) >= 11 is 0. The van der Waals surface area contributed by atoms with Crippen molar-refractivity contribution >= 4 is 5.69 Å². The Hall–Kier alpha value is -1.22. The van der Waals surface area contributed by atoms with Gasteiger partial charge in [-0.2, -0.15) is 0 Å². The van der Waals surface area contributed by atoms with Crippen LogP contribution < -0.4 is 10.5 Å². The van der Waals surface area contributed by atoms with Crippen LogP contribution in [0.2, 0.25) is 0 Å². The van der Waals surface area contributed by atoms with Gasteiger partial charge >= 0.3 is 0 Å². The number of hydrogen-bond acceptors (Lipinski definition) is 3. The monoisotopic (exact) mass is 278 g/mol. The molecule has 0 fully saturated rings. The molecule has 0 saturated heterocycles. The van der Waals surface area contributed by atoms with Crippen molar-refractivity contribution in [3.63, 3.8) is 0 Å². The van der Waals surface area contributed by atoms with E-state index in [-0.39, 0.29) is 0 Å². The van der Waals surface area contributed by atoms with Crippen LogP contribution in [-0.2, 0) is 6.42 Å². The first-order valence-electron chi connectivity index (χ1n) is 7.94. The van der Waals surface area contributed by atoms with E-state index < -0.39 is 0 Å². The number of hydrogen-bond donors (Lipinski definition) is 1. The second kappa shape index (κ2) is 9.65. The van der Waals surface area contributed by atoms with Gasteiger partial charge in [-0.1, -0.05) is 26.8 Å². The van der Waals surface area contributed by atoms with Crippen molar-refractivity contribution in [2.75, 3.05) is 32.0 Å². The fourth-order valence-corrected chi connectivity index (χ4v) is 2.35. The zero-order valence-corrected chi connectivity index (χ0v) is 13.3. The van der Waals surface area contributed by atoms with Gasteiger partial charge < -0.3 is 15.4 Å². The van der Waals surface area contributed by atoms with Crippen LogP contribution in [0.4, 0.5) is 5.69 Å². The average Bonchev–Trinajstić information content (AvgIpc) is 2.44. The standard InChI is InChI=1S/C17H30N2O/c1-4-10-19(11-5-2)12-9-15-7-8-17(16(18)14-15)20-13-6-3/h7-8,14H,4-6,9-13,18H2,1-3H3. The van der Waals surface area contributed by atoms with E-state index in [1.54, 1.807) is 0 Å². The number of ether oxygens (including phenoxy) is 1. The molecule has 3 nitrogen and oxygen atoms in total. The van der Waals surface area contributed by atoms with Crippen LogP contribution in [0.3, 0.4) is 0 Å². The van der Waals surface area contributed by atoms with Crippen molar-refractivity contribution in [3.8, 4) is 5.75 Å². The number of rotatable bonds is 10. The van der Waals surface area contributed by atoms with Gasteiger partial charge in [0.1, 0.15) is 5.75 Å². The first-order valence-corrected chi connectivity index (χ1v) is 7.94. The first-order chi connectivity index (χ1) is 9.71. The summed E-state index contributed by atoms with van der Waals surface area (Å²) in [7, 11) is 0. The molecule has 0 unspecified atom stereocenters. The summed E-state index contributed by atoms with van der Waals surface area (Å²) in [5, 5.41) is 0. The molecule has 1 rings (SSSR count). The van der Waals surface area contributed by atoms with Gasteiger partial charge in [0.2, 0.25) is 0 Å². The van der Waals surface area contributed by atoms with E-state index >= 15 is 0 Å². The van der Waals surface area contributed by atoms with E-state index in [4.69, 9.17) is 10.5 Å². The van der Waals surface area contributed by atoms with Crippen LogP contribution in [0.15, 0.2) is 18.2 Å². The predicted octanol–water partition coefficient (Wildman–Crippen LogP) is 3.72. The Labute approximate surface area is 124 Å². The van der Waals surface area contributed by atoms with E-state index in [1.165, 1.54) is 31.5 Å². The molecular weight excluding hydrogens is 248 g/mol. The van der Waals surface area contributed by atoms with Gasteiger partial charge in [0.25, 0.3) is 0 Å². The number of benzene rings is 1. The Morgan fingerprint density at radius 1 is 1.00 bits per heavy atom. The molecule has 1 aromatic rings. The second-order valence-corrected chi connectivity index (χ2v) is 5.31. The van der Waals surface area contributed by atoms with Crippen molar-refractivity contribution in [3.05, 3.63) is 23.8 Å². The summed E-state index contributed by atoms with van der Waals surface area (Å²) in [4.78, 5) is 2.53. The number of nitrogen functional groups attached to an aromatic ring is 1. The van der Waals surface area contributed by atoms with Gasteiger partial charge in [-0.25, -0.2) is 0 Å². The smallest absolute Gasteiger partial charge is 0.142 e. The lowest BCUT2D eigenvalue weighted by atomic mass is 10.1. The summed E-state index contributed by atoms with van der Waals surface area (Å²) in [6.45, 7) is 10.8. The summed E-state index contributed by atoms with van der Waals surface area (Å²) in [5.74, 6) is 0.814. The highest BCUT2D eigenvalue weighted by molar-refractivity contribution is 5.54. The lowest BCUT2D eigenvalue weighted by Gasteiger charge is -2.21. The minimum absolute atomic E-state index is 0.727. The van der Waals surface area contributed by atoms with E-state index in [2.05, 4.69) is 37.8 Å². The van der Waals surface area contributed by atoms with Crippen molar-refractivity contribution in [2.45, 2.75) is 46.5 Å². The van der Waals surface area contributed by atoms with Crippen LogP contribution in [0.25, 0.3) is 0 Å². The molecule has 0 aliphatic heterocycles. The molecule has 0 heterocycles. The van der Waals surface area contributed by atoms with E-state index in [1.807, 2.05) is 6.07 Å². The zero-order valence-electron chi connectivity index (χ0n) is 13.3. The Morgan fingerprint density at radius 3 is 2.25 bits per heavy atom. The zero-order chi connectivity index (χ0) is 14.8. The van der Waals surface area contributed by atoms with Crippen LogP contribution in [0, 0.1) is 0 Å². The molecule has 2 N–H and O–H groups in total. The summed E-state index contributed by atoms with van der Waals surface area (Å²) < 4.78 is 5.61. The van der Waals surface area contributed by atoms with Crippen LogP contribution >= 0.6 is 0 Å². The molecule has 1 aromatic carbocycles. The minimum Gasteiger partial charge on any atom is -0.491 e. The van der Waals surface area contributed by atoms with Crippen molar-refractivity contribution in [1.82, 2.24) is 4.90 Å². The number of anilines is 1. The maximum Gasteiger partial charge on any atom is 0.142 e. The summed E-state index contributed by atoms with van der Waals surface area (Å²) in [6.07, 6.45) is 4.49. The van der Waals surface area contributed by atoms with Crippen LogP contribution in [-0.4, -0.2) is 31.1 Å². The van der Waals surface area contributed by atoms with Gasteiger partial charge in [-0.05, 0) is 56.5 Å². The molecule has 0 bridgehead atoms. The highest BCUT2D eigenvalue weighted by Crippen LogP contribution is 2.23. The highest BCUT2D eigenvalue weighted by atomic mass is 16.5. The Balaban J connectivity index is 2.53. The molecule has 0 atom stereocenters. The van der Waals surface area contributed by atoms with Crippen molar-refractivity contribution in [1.29, 1.82) is 0 Å². The molecule has 0 amide bonds. The molecule has 0 saturated carbocycles. The fourth-order valence-electron chi connectivity index (χ4n) is 2.35. The van der Waals surface area contributed by atoms with E-state index in [0.29, 0.717) is 0 Å². The Kier molecular flexibility index (Phi) is 8.12. The lowest BCUT2D eigenvalue weighted by molar-refractivity contribution is 0.278. The quantitative estimate of drug-likeness (QED) is 0.663. The Morgan fingerprint density at radius 2 is 1.70 bits per heavy atom. The van der Waals surface area contributed by atoms with Crippen molar-refractivity contribution in [2.24, 2.45) is 0 Å². The van der Waals surface area contributed by atoms with Gasteiger partial charge in [-0.15, -0.1) is 0 Å². The molecule has 0 radical (unpaired) electrons. The van der Waals surface area contributed by atoms with Gasteiger partial charge in [0.05, 0.1) is 12.3 Å². The number of nitrogens with zero attached hydrogens (tertiary/aromatic N) is 1. The van der Waals surface area contributed by atoms with Gasteiger partial charge in [0, 0.05) is 6.54 Å². The fraction of sp³-hybridized carbons (Fsp3) is 0.647. The minimum atomic E-state index is 0.727. The lowest BCUT2D eigenvalue weighted by Crippen LogP contribution is -2.27. The summed E-state index contributed by atoms with van der Waals surface area (Å²) in [5.41, 5.74) is 8.10. The van der Waals surface area contributed by atoms with Gasteiger partial charge in [0.15, 0.2) is 0 Å². The molecule has 114 valence electrons. The van der Waals surface area contributed by atoms with Crippen LogP contribution in [0.1, 0.15) is 45.6 Å². The highest BCUT2D eigenvalue weighted by Gasteiger charge is 2.05. The van der Waals surface area contributed by atoms with Crippen LogP contribution in [0.5, 0.6) is 5.75 Å². The largest absolute Gasteiger partial charge is 0.491 e. The third-order valence-corrected chi connectivity index (χ3v) is 3.33. The van der Waals surface area contributed by atoms with Crippen molar-refractivity contribution < 1.29 is 4.74 Å².